The normalized spacial score (nSPS) is 14.8. The molecule has 1 fully saturated rings. The highest BCUT2D eigenvalue weighted by Crippen LogP contribution is 2.22. The fourth-order valence-electron chi connectivity index (χ4n) is 2.85. The molecule has 3 rings (SSSR count). The van der Waals surface area contributed by atoms with Gasteiger partial charge in [-0.2, -0.15) is 4.31 Å². The molecule has 0 saturated carbocycles. The van der Waals surface area contributed by atoms with Gasteiger partial charge in [0.25, 0.3) is 5.91 Å². The Bertz CT molecular complexity index is 984. The third-order valence-corrected chi connectivity index (χ3v) is 6.37. The van der Waals surface area contributed by atoms with Crippen LogP contribution in [0.2, 0.25) is 0 Å². The van der Waals surface area contributed by atoms with Crippen LogP contribution in [0.3, 0.4) is 0 Å². The molecule has 0 spiro atoms. The molecule has 0 radical (unpaired) electrons. The lowest BCUT2D eigenvalue weighted by atomic mass is 10.2. The molecule has 1 aliphatic rings. The van der Waals surface area contributed by atoms with Gasteiger partial charge < -0.3 is 20.5 Å². The fourth-order valence-corrected chi connectivity index (χ4v) is 4.17. The number of nitrogens with one attached hydrogen (secondary N) is 1. The maximum absolute atomic E-state index is 12.3. The monoisotopic (exact) mass is 433 g/mol. The second-order valence-electron chi connectivity index (χ2n) is 6.60. The quantitative estimate of drug-likeness (QED) is 0.638. The van der Waals surface area contributed by atoms with Gasteiger partial charge in [0.1, 0.15) is 11.5 Å². The van der Waals surface area contributed by atoms with Crippen LogP contribution in [0.1, 0.15) is 20.7 Å². The van der Waals surface area contributed by atoms with E-state index in [1.54, 1.807) is 48.5 Å². The molecule has 30 heavy (non-hydrogen) atoms. The second kappa shape index (κ2) is 9.70. The Balaban J connectivity index is 1.50. The third-order valence-electron chi connectivity index (χ3n) is 4.50. The Kier molecular flexibility index (Phi) is 7.03. The van der Waals surface area contributed by atoms with Crippen molar-refractivity contribution >= 4 is 21.8 Å². The van der Waals surface area contributed by atoms with Gasteiger partial charge in [0, 0.05) is 30.8 Å². The van der Waals surface area contributed by atoms with E-state index in [1.807, 2.05) is 0 Å². The van der Waals surface area contributed by atoms with Crippen LogP contribution in [-0.2, 0) is 14.8 Å². The summed E-state index contributed by atoms with van der Waals surface area (Å²) in [7, 11) is -3.42. The summed E-state index contributed by atoms with van der Waals surface area (Å²) in [5, 5.41) is 2.62. The van der Waals surface area contributed by atoms with E-state index in [2.05, 4.69) is 5.32 Å². The molecular weight excluding hydrogens is 410 g/mol. The molecule has 10 heteroatoms. The van der Waals surface area contributed by atoms with Crippen LogP contribution in [0.4, 0.5) is 0 Å². The zero-order valence-corrected chi connectivity index (χ0v) is 17.1. The molecule has 1 aliphatic heterocycles. The van der Waals surface area contributed by atoms with Crippen LogP contribution in [0.15, 0.2) is 48.5 Å². The van der Waals surface area contributed by atoms with Gasteiger partial charge in [0.05, 0.1) is 19.0 Å². The van der Waals surface area contributed by atoms with Crippen LogP contribution in [0.25, 0.3) is 0 Å². The molecule has 0 unspecified atom stereocenters. The summed E-state index contributed by atoms with van der Waals surface area (Å²) < 4.78 is 36.7. The van der Waals surface area contributed by atoms with Gasteiger partial charge in [0.15, 0.2) is 0 Å². The first kappa shape index (κ1) is 21.8. The number of benzene rings is 2. The van der Waals surface area contributed by atoms with Gasteiger partial charge >= 0.3 is 0 Å². The number of hydrogen-bond acceptors (Lipinski definition) is 6. The van der Waals surface area contributed by atoms with Crippen molar-refractivity contribution < 1.29 is 27.5 Å². The van der Waals surface area contributed by atoms with Crippen molar-refractivity contribution in [3.63, 3.8) is 0 Å². The average Bonchev–Trinajstić information content (AvgIpc) is 2.75. The lowest BCUT2D eigenvalue weighted by Crippen LogP contribution is -2.43. The predicted molar refractivity (Wildman–Crippen MR) is 110 cm³/mol. The highest BCUT2D eigenvalue weighted by Gasteiger charge is 2.24. The topological polar surface area (TPSA) is 128 Å². The number of nitrogens with zero attached hydrogens (tertiary/aromatic N) is 1. The number of amides is 2. The molecule has 0 aromatic heterocycles. The highest BCUT2D eigenvalue weighted by molar-refractivity contribution is 7.89. The molecule has 2 aromatic rings. The van der Waals surface area contributed by atoms with Gasteiger partial charge in [-0.25, -0.2) is 8.42 Å². The van der Waals surface area contributed by atoms with Crippen LogP contribution >= 0.6 is 0 Å². The minimum atomic E-state index is -3.42. The van der Waals surface area contributed by atoms with E-state index < -0.39 is 15.9 Å². The molecule has 0 aliphatic carbocycles. The standard InChI is InChI=1S/C20H23N3O6S/c21-19(24)15-1-5-17(6-2-15)29-18-7-3-16(4-8-18)20(25)22-9-14-30(26,27)23-10-12-28-13-11-23/h1-8H,9-14H2,(H2,21,24)(H,22,25). The maximum Gasteiger partial charge on any atom is 0.251 e. The molecule has 2 aromatic carbocycles. The van der Waals surface area contributed by atoms with E-state index in [9.17, 15) is 18.0 Å². The van der Waals surface area contributed by atoms with Crippen LogP contribution < -0.4 is 15.8 Å². The molecule has 160 valence electrons. The van der Waals surface area contributed by atoms with Crippen molar-refractivity contribution in [2.75, 3.05) is 38.6 Å². The SMILES string of the molecule is NC(=O)c1ccc(Oc2ccc(C(=O)NCCS(=O)(=O)N3CCOCC3)cc2)cc1. The number of primary amides is 1. The summed E-state index contributed by atoms with van der Waals surface area (Å²) in [5.41, 5.74) is 5.96. The Morgan fingerprint density at radius 3 is 2.03 bits per heavy atom. The van der Waals surface area contributed by atoms with Crippen molar-refractivity contribution in [1.82, 2.24) is 9.62 Å². The van der Waals surface area contributed by atoms with Crippen molar-refractivity contribution in [2.24, 2.45) is 5.73 Å². The largest absolute Gasteiger partial charge is 0.457 e. The summed E-state index contributed by atoms with van der Waals surface area (Å²) in [6, 6.07) is 12.8. The first-order valence-electron chi connectivity index (χ1n) is 9.37. The average molecular weight is 433 g/mol. The van der Waals surface area contributed by atoms with Gasteiger partial charge in [-0.05, 0) is 48.5 Å². The lowest BCUT2D eigenvalue weighted by Gasteiger charge is -2.26. The van der Waals surface area contributed by atoms with Gasteiger partial charge in [-0.3, -0.25) is 9.59 Å². The Labute approximate surface area is 174 Å². The number of carbonyl (C=O) groups excluding carboxylic acids is 2. The molecule has 0 bridgehead atoms. The minimum absolute atomic E-state index is 0.0169. The number of rotatable bonds is 8. The van der Waals surface area contributed by atoms with E-state index in [-0.39, 0.29) is 18.2 Å². The molecule has 3 N–H and O–H groups in total. The minimum Gasteiger partial charge on any atom is -0.457 e. The van der Waals surface area contributed by atoms with Crippen molar-refractivity contribution in [1.29, 1.82) is 0 Å². The van der Waals surface area contributed by atoms with Gasteiger partial charge in [-0.1, -0.05) is 0 Å². The predicted octanol–water partition coefficient (Wildman–Crippen LogP) is 0.970. The van der Waals surface area contributed by atoms with E-state index >= 15 is 0 Å². The number of sulfonamides is 1. The maximum atomic E-state index is 12.3. The zero-order valence-electron chi connectivity index (χ0n) is 16.2. The summed E-state index contributed by atoms with van der Waals surface area (Å²) >= 11 is 0. The summed E-state index contributed by atoms with van der Waals surface area (Å²) in [4.78, 5) is 23.3. The lowest BCUT2D eigenvalue weighted by molar-refractivity contribution is 0.0730. The molecule has 2 amide bonds. The first-order chi connectivity index (χ1) is 14.3. The molecular formula is C20H23N3O6S. The number of carbonyl (C=O) groups is 2. The number of hydrogen-bond donors (Lipinski definition) is 2. The fraction of sp³-hybridized carbons (Fsp3) is 0.300. The first-order valence-corrected chi connectivity index (χ1v) is 11.0. The van der Waals surface area contributed by atoms with Crippen LogP contribution in [0, 0.1) is 0 Å². The van der Waals surface area contributed by atoms with Crippen molar-refractivity contribution in [2.45, 2.75) is 0 Å². The highest BCUT2D eigenvalue weighted by atomic mass is 32.2. The number of ether oxygens (including phenoxy) is 2. The summed E-state index contributed by atoms with van der Waals surface area (Å²) in [5.74, 6) is -0.0284. The molecule has 1 saturated heterocycles. The second-order valence-corrected chi connectivity index (χ2v) is 8.69. The van der Waals surface area contributed by atoms with Crippen LogP contribution in [-0.4, -0.2) is 63.1 Å². The summed E-state index contributed by atoms with van der Waals surface area (Å²) in [6.07, 6.45) is 0. The molecule has 9 nitrogen and oxygen atoms in total. The molecule has 1 heterocycles. The van der Waals surface area contributed by atoms with Gasteiger partial charge in [0.2, 0.25) is 15.9 Å². The zero-order chi connectivity index (χ0) is 21.6. The molecule has 0 atom stereocenters. The van der Waals surface area contributed by atoms with E-state index in [0.717, 1.165) is 0 Å². The number of nitrogens with two attached hydrogens (primary N) is 1. The Hall–Kier alpha value is -2.95. The van der Waals surface area contributed by atoms with E-state index in [0.29, 0.717) is 48.9 Å². The van der Waals surface area contributed by atoms with E-state index in [1.165, 1.54) is 4.31 Å². The van der Waals surface area contributed by atoms with Gasteiger partial charge in [-0.15, -0.1) is 0 Å². The van der Waals surface area contributed by atoms with Crippen molar-refractivity contribution in [3.8, 4) is 11.5 Å². The number of morpholine rings is 1. The Morgan fingerprint density at radius 1 is 0.967 bits per heavy atom. The van der Waals surface area contributed by atoms with Crippen molar-refractivity contribution in [3.05, 3.63) is 59.7 Å². The summed E-state index contributed by atoms with van der Waals surface area (Å²) in [6.45, 7) is 1.46. The van der Waals surface area contributed by atoms with E-state index in [4.69, 9.17) is 15.2 Å². The smallest absolute Gasteiger partial charge is 0.251 e. The van der Waals surface area contributed by atoms with Crippen LogP contribution in [0.5, 0.6) is 11.5 Å². The third kappa shape index (κ3) is 5.78. The Morgan fingerprint density at radius 2 is 1.50 bits per heavy atom.